The number of ether oxygens (including phenoxy) is 4. The lowest BCUT2D eigenvalue weighted by Crippen LogP contribution is -2.14. The van der Waals surface area contributed by atoms with E-state index in [-0.39, 0.29) is 31.1 Å². The van der Waals surface area contributed by atoms with E-state index in [1.807, 2.05) is 13.8 Å². The van der Waals surface area contributed by atoms with Crippen molar-refractivity contribution in [2.45, 2.75) is 25.6 Å². The Morgan fingerprint density at radius 3 is 2.83 bits per heavy atom. The molecule has 0 radical (unpaired) electrons. The van der Waals surface area contributed by atoms with Crippen LogP contribution in [0.15, 0.2) is 18.2 Å². The van der Waals surface area contributed by atoms with E-state index in [9.17, 15) is 4.79 Å². The summed E-state index contributed by atoms with van der Waals surface area (Å²) >= 11 is 0. The van der Waals surface area contributed by atoms with Crippen molar-refractivity contribution in [2.75, 3.05) is 13.4 Å². The molecule has 0 bridgehead atoms. The van der Waals surface area contributed by atoms with Crippen molar-refractivity contribution in [3.8, 4) is 11.5 Å². The van der Waals surface area contributed by atoms with Crippen molar-refractivity contribution in [3.63, 3.8) is 0 Å². The van der Waals surface area contributed by atoms with E-state index in [1.54, 1.807) is 18.2 Å². The zero-order valence-corrected chi connectivity index (χ0v) is 10.3. The van der Waals surface area contributed by atoms with E-state index >= 15 is 0 Å². The number of fused-ring (bicyclic) bond motifs is 1. The van der Waals surface area contributed by atoms with Crippen LogP contribution in [0.5, 0.6) is 11.5 Å². The summed E-state index contributed by atoms with van der Waals surface area (Å²) in [6.45, 7) is 4.40. The first-order valence-corrected chi connectivity index (χ1v) is 5.81. The van der Waals surface area contributed by atoms with Gasteiger partial charge in [0.25, 0.3) is 0 Å². The molecule has 0 aliphatic carbocycles. The Bertz CT molecular complexity index is 494. The van der Waals surface area contributed by atoms with Crippen molar-refractivity contribution < 1.29 is 23.7 Å². The van der Waals surface area contributed by atoms with E-state index in [0.29, 0.717) is 17.1 Å². The first-order valence-electron chi connectivity index (χ1n) is 5.81. The summed E-state index contributed by atoms with van der Waals surface area (Å²) in [5, 5.41) is 0. The predicted molar refractivity (Wildman–Crippen MR) is 61.8 cm³/mol. The number of carbonyl (C=O) groups is 1. The molecule has 1 atom stereocenters. The van der Waals surface area contributed by atoms with Gasteiger partial charge in [-0.15, -0.1) is 0 Å². The molecule has 18 heavy (non-hydrogen) atoms. The minimum Gasteiger partial charge on any atom is -0.459 e. The molecule has 0 N–H and O–H groups in total. The van der Waals surface area contributed by atoms with Crippen LogP contribution < -0.4 is 9.47 Å². The maximum absolute atomic E-state index is 11.8. The molecule has 2 heterocycles. The Kier molecular flexibility index (Phi) is 2.45. The molecule has 1 aromatic rings. The van der Waals surface area contributed by atoms with E-state index < -0.39 is 0 Å². The van der Waals surface area contributed by atoms with Gasteiger partial charge in [0, 0.05) is 0 Å². The highest BCUT2D eigenvalue weighted by Gasteiger charge is 2.48. The number of epoxide rings is 1. The minimum absolute atomic E-state index is 0.00420. The van der Waals surface area contributed by atoms with Gasteiger partial charge in [0.2, 0.25) is 6.79 Å². The Hall–Kier alpha value is -1.75. The first kappa shape index (κ1) is 11.3. The van der Waals surface area contributed by atoms with Gasteiger partial charge < -0.3 is 18.9 Å². The maximum Gasteiger partial charge on any atom is 0.338 e. The predicted octanol–water partition coefficient (Wildman–Crippen LogP) is 1.75. The SMILES string of the molecule is CC1(C)OC1COC(=O)c1ccc2c(c1)OCO2. The van der Waals surface area contributed by atoms with Crippen molar-refractivity contribution in [1.29, 1.82) is 0 Å². The summed E-state index contributed by atoms with van der Waals surface area (Å²) in [5.41, 5.74) is 0.285. The van der Waals surface area contributed by atoms with Gasteiger partial charge in [-0.05, 0) is 32.0 Å². The third-order valence-corrected chi connectivity index (χ3v) is 3.14. The molecule has 1 saturated heterocycles. The second kappa shape index (κ2) is 3.88. The Labute approximate surface area is 105 Å². The maximum atomic E-state index is 11.8. The quantitative estimate of drug-likeness (QED) is 0.604. The molecule has 2 aliphatic rings. The Morgan fingerprint density at radius 1 is 1.39 bits per heavy atom. The highest BCUT2D eigenvalue weighted by Crippen LogP contribution is 2.36. The third kappa shape index (κ3) is 2.01. The van der Waals surface area contributed by atoms with Crippen LogP contribution in [0.2, 0.25) is 0 Å². The molecule has 2 aliphatic heterocycles. The highest BCUT2D eigenvalue weighted by atomic mass is 16.7. The lowest BCUT2D eigenvalue weighted by atomic mass is 10.1. The van der Waals surface area contributed by atoms with E-state index in [2.05, 4.69) is 0 Å². The fourth-order valence-electron chi connectivity index (χ4n) is 1.83. The molecule has 96 valence electrons. The molecule has 5 nitrogen and oxygen atoms in total. The van der Waals surface area contributed by atoms with Crippen LogP contribution in [0.3, 0.4) is 0 Å². The smallest absolute Gasteiger partial charge is 0.338 e. The van der Waals surface area contributed by atoms with Gasteiger partial charge in [-0.3, -0.25) is 0 Å². The normalized spacial score (nSPS) is 22.7. The minimum atomic E-state index is -0.375. The van der Waals surface area contributed by atoms with E-state index in [4.69, 9.17) is 18.9 Å². The molecule has 0 saturated carbocycles. The fraction of sp³-hybridized carbons (Fsp3) is 0.462. The summed E-state index contributed by atoms with van der Waals surface area (Å²) in [6, 6.07) is 4.99. The van der Waals surface area contributed by atoms with Gasteiger partial charge >= 0.3 is 5.97 Å². The average molecular weight is 250 g/mol. The summed E-state index contributed by atoms with van der Waals surface area (Å²) in [5.74, 6) is 0.852. The average Bonchev–Trinajstić information content (AvgIpc) is 2.77. The van der Waals surface area contributed by atoms with Crippen LogP contribution >= 0.6 is 0 Å². The third-order valence-electron chi connectivity index (χ3n) is 3.14. The monoisotopic (exact) mass is 250 g/mol. The molecule has 0 spiro atoms. The molecule has 1 fully saturated rings. The second-order valence-corrected chi connectivity index (χ2v) is 4.88. The lowest BCUT2D eigenvalue weighted by Gasteiger charge is -2.04. The van der Waals surface area contributed by atoms with Gasteiger partial charge in [-0.25, -0.2) is 4.79 Å². The molecule has 0 amide bonds. The molecule has 5 heteroatoms. The number of carbonyl (C=O) groups excluding carboxylic acids is 1. The van der Waals surface area contributed by atoms with Crippen LogP contribution in [0.25, 0.3) is 0 Å². The Balaban J connectivity index is 1.62. The summed E-state index contributed by atoms with van der Waals surface area (Å²) in [4.78, 5) is 11.8. The Morgan fingerprint density at radius 2 is 2.11 bits per heavy atom. The molecular weight excluding hydrogens is 236 g/mol. The number of benzene rings is 1. The van der Waals surface area contributed by atoms with E-state index in [1.165, 1.54) is 0 Å². The van der Waals surface area contributed by atoms with Crippen LogP contribution in [0.4, 0.5) is 0 Å². The van der Waals surface area contributed by atoms with Crippen LogP contribution in [0, 0.1) is 0 Å². The van der Waals surface area contributed by atoms with E-state index in [0.717, 1.165) is 0 Å². The van der Waals surface area contributed by atoms with Crippen LogP contribution in [-0.2, 0) is 9.47 Å². The van der Waals surface area contributed by atoms with Gasteiger partial charge in [0.1, 0.15) is 12.7 Å². The van der Waals surface area contributed by atoms with Crippen molar-refractivity contribution in [2.24, 2.45) is 0 Å². The van der Waals surface area contributed by atoms with Gasteiger partial charge in [0.15, 0.2) is 11.5 Å². The standard InChI is InChI=1S/C13H14O5/c1-13(2)11(18-13)6-15-12(14)8-3-4-9-10(5-8)17-7-16-9/h3-5,11H,6-7H2,1-2H3. The van der Waals surface area contributed by atoms with Crippen molar-refractivity contribution in [1.82, 2.24) is 0 Å². The van der Waals surface area contributed by atoms with Gasteiger partial charge in [-0.2, -0.15) is 0 Å². The molecule has 1 aromatic carbocycles. The largest absolute Gasteiger partial charge is 0.459 e. The summed E-state index contributed by atoms with van der Waals surface area (Å²) in [6.07, 6.45) is -0.00420. The summed E-state index contributed by atoms with van der Waals surface area (Å²) in [7, 11) is 0. The number of hydrogen-bond donors (Lipinski definition) is 0. The number of rotatable bonds is 3. The topological polar surface area (TPSA) is 57.3 Å². The van der Waals surface area contributed by atoms with Crippen LogP contribution in [0.1, 0.15) is 24.2 Å². The lowest BCUT2D eigenvalue weighted by molar-refractivity contribution is 0.0476. The highest BCUT2D eigenvalue weighted by molar-refractivity contribution is 5.90. The molecule has 1 unspecified atom stereocenters. The summed E-state index contributed by atoms with van der Waals surface area (Å²) < 4.78 is 20.9. The van der Waals surface area contributed by atoms with Gasteiger partial charge in [0.05, 0.1) is 11.2 Å². The fourth-order valence-corrected chi connectivity index (χ4v) is 1.83. The van der Waals surface area contributed by atoms with Crippen molar-refractivity contribution >= 4 is 5.97 Å². The first-order chi connectivity index (χ1) is 8.56. The van der Waals surface area contributed by atoms with Crippen molar-refractivity contribution in [3.05, 3.63) is 23.8 Å². The molecular formula is C13H14O5. The number of esters is 1. The van der Waals surface area contributed by atoms with Crippen LogP contribution in [-0.4, -0.2) is 31.1 Å². The zero-order valence-electron chi connectivity index (χ0n) is 10.3. The second-order valence-electron chi connectivity index (χ2n) is 4.88. The van der Waals surface area contributed by atoms with Gasteiger partial charge in [-0.1, -0.05) is 0 Å². The zero-order chi connectivity index (χ0) is 12.8. The molecule has 3 rings (SSSR count). The number of hydrogen-bond acceptors (Lipinski definition) is 5. The molecule has 0 aromatic heterocycles.